The number of carbonyl (C=O) groups is 2. The number of anilines is 1. The van der Waals surface area contributed by atoms with Crippen LogP contribution in [0, 0.1) is 13.8 Å². The van der Waals surface area contributed by atoms with Crippen LogP contribution in [0.25, 0.3) is 0 Å². The van der Waals surface area contributed by atoms with E-state index in [1.807, 2.05) is 0 Å². The fourth-order valence-electron chi connectivity index (χ4n) is 1.69. The molecule has 0 atom stereocenters. The van der Waals surface area contributed by atoms with Gasteiger partial charge in [-0.15, -0.1) is 0 Å². The van der Waals surface area contributed by atoms with Gasteiger partial charge in [-0.25, -0.2) is 4.98 Å². The first-order valence-electron chi connectivity index (χ1n) is 5.88. The van der Waals surface area contributed by atoms with Crippen molar-refractivity contribution in [3.63, 3.8) is 0 Å². The lowest BCUT2D eigenvalue weighted by molar-refractivity contribution is -0.136. The minimum Gasteiger partial charge on any atom is -0.481 e. The Hall–Kier alpha value is -2.70. The molecule has 7 nitrogen and oxygen atoms in total. The molecule has 1 amide bonds. The molecule has 0 bridgehead atoms. The molecule has 0 saturated heterocycles. The average Bonchev–Trinajstić information content (AvgIpc) is 2.70. The van der Waals surface area contributed by atoms with E-state index in [1.54, 1.807) is 26.0 Å². The van der Waals surface area contributed by atoms with E-state index in [4.69, 9.17) is 9.52 Å². The van der Waals surface area contributed by atoms with Gasteiger partial charge in [0, 0.05) is 6.92 Å². The number of nitrogens with one attached hydrogen (secondary N) is 1. The normalized spacial score (nSPS) is 10.3. The molecule has 0 unspecified atom stereocenters. The number of carboxylic acid groups (broad SMARTS) is 1. The highest BCUT2D eigenvalue weighted by atomic mass is 16.4. The molecule has 0 spiro atoms. The number of pyridine rings is 1. The quantitative estimate of drug-likeness (QED) is 0.877. The maximum Gasteiger partial charge on any atom is 0.309 e. The lowest BCUT2D eigenvalue weighted by Crippen LogP contribution is -2.12. The Morgan fingerprint density at radius 2 is 2.10 bits per heavy atom. The molecule has 2 rings (SSSR count). The van der Waals surface area contributed by atoms with Gasteiger partial charge in [-0.05, 0) is 19.1 Å². The molecule has 0 fully saturated rings. The molecule has 0 aromatic carbocycles. The summed E-state index contributed by atoms with van der Waals surface area (Å²) in [5, 5.41) is 11.2. The van der Waals surface area contributed by atoms with Crippen LogP contribution in [0.5, 0.6) is 0 Å². The second-order valence-corrected chi connectivity index (χ2v) is 4.21. The number of hydrogen-bond donors (Lipinski definition) is 2. The number of rotatable bonds is 4. The van der Waals surface area contributed by atoms with E-state index in [0.717, 1.165) is 0 Å². The number of aliphatic carboxylic acids is 1. The van der Waals surface area contributed by atoms with Crippen molar-refractivity contribution in [1.29, 1.82) is 0 Å². The van der Waals surface area contributed by atoms with Gasteiger partial charge in [-0.3, -0.25) is 14.6 Å². The van der Waals surface area contributed by atoms with Gasteiger partial charge in [0.05, 0.1) is 29.7 Å². The fraction of sp³-hybridized carbons (Fsp3) is 0.231. The summed E-state index contributed by atoms with van der Waals surface area (Å²) < 4.78 is 5.20. The lowest BCUT2D eigenvalue weighted by atomic mass is 10.2. The standard InChI is InChI=1S/C13H13N3O4/c1-7-12(20-8(2)15-7)13(19)16-10-4-3-9(14-6-10)5-11(17)18/h3-4,6H,5H2,1-2H3,(H,16,19)(H,17,18). The van der Waals surface area contributed by atoms with Gasteiger partial charge in [0.1, 0.15) is 0 Å². The monoisotopic (exact) mass is 275 g/mol. The zero-order valence-electron chi connectivity index (χ0n) is 11.0. The SMILES string of the molecule is Cc1nc(C)c(C(=O)Nc2ccc(CC(=O)O)nc2)o1. The second-order valence-electron chi connectivity index (χ2n) is 4.21. The average molecular weight is 275 g/mol. The third-order valence-electron chi connectivity index (χ3n) is 2.52. The topological polar surface area (TPSA) is 105 Å². The van der Waals surface area contributed by atoms with Crippen molar-refractivity contribution in [2.24, 2.45) is 0 Å². The zero-order valence-corrected chi connectivity index (χ0v) is 11.0. The van der Waals surface area contributed by atoms with Crippen molar-refractivity contribution in [1.82, 2.24) is 9.97 Å². The number of aromatic nitrogens is 2. The van der Waals surface area contributed by atoms with E-state index >= 15 is 0 Å². The van der Waals surface area contributed by atoms with Crippen molar-refractivity contribution in [3.8, 4) is 0 Å². The Morgan fingerprint density at radius 1 is 1.35 bits per heavy atom. The van der Waals surface area contributed by atoms with Gasteiger partial charge >= 0.3 is 5.97 Å². The van der Waals surface area contributed by atoms with Crippen molar-refractivity contribution >= 4 is 17.6 Å². The molecule has 0 aliphatic rings. The molecular formula is C13H13N3O4. The van der Waals surface area contributed by atoms with Crippen molar-refractivity contribution in [3.05, 3.63) is 41.4 Å². The minimum absolute atomic E-state index is 0.150. The first-order valence-corrected chi connectivity index (χ1v) is 5.88. The van der Waals surface area contributed by atoms with E-state index < -0.39 is 11.9 Å². The van der Waals surface area contributed by atoms with Gasteiger partial charge in [-0.1, -0.05) is 0 Å². The van der Waals surface area contributed by atoms with E-state index in [1.165, 1.54) is 6.20 Å². The first-order chi connectivity index (χ1) is 9.45. The molecule has 7 heteroatoms. The molecule has 0 radical (unpaired) electrons. The molecule has 104 valence electrons. The van der Waals surface area contributed by atoms with Gasteiger partial charge in [0.2, 0.25) is 5.76 Å². The highest BCUT2D eigenvalue weighted by Gasteiger charge is 2.16. The van der Waals surface area contributed by atoms with Crippen LogP contribution in [0.3, 0.4) is 0 Å². The molecule has 20 heavy (non-hydrogen) atoms. The predicted octanol–water partition coefficient (Wildman–Crippen LogP) is 1.57. The summed E-state index contributed by atoms with van der Waals surface area (Å²) >= 11 is 0. The summed E-state index contributed by atoms with van der Waals surface area (Å²) in [6, 6.07) is 3.13. The van der Waals surface area contributed by atoms with Crippen LogP contribution in [-0.2, 0) is 11.2 Å². The van der Waals surface area contributed by atoms with E-state index in [-0.39, 0.29) is 12.2 Å². The predicted molar refractivity (Wildman–Crippen MR) is 69.5 cm³/mol. The van der Waals surface area contributed by atoms with Crippen molar-refractivity contribution < 1.29 is 19.1 Å². The molecule has 0 aliphatic heterocycles. The molecule has 0 aliphatic carbocycles. The van der Waals surface area contributed by atoms with Crippen LogP contribution in [-0.4, -0.2) is 27.0 Å². The number of carbonyl (C=O) groups excluding carboxylic acids is 1. The summed E-state index contributed by atoms with van der Waals surface area (Å²) in [5.74, 6) is -0.808. The largest absolute Gasteiger partial charge is 0.481 e. The number of carboxylic acids is 1. The molecule has 2 aromatic rings. The Morgan fingerprint density at radius 3 is 2.60 bits per heavy atom. The Kier molecular flexibility index (Phi) is 3.79. The molecular weight excluding hydrogens is 262 g/mol. The summed E-state index contributed by atoms with van der Waals surface area (Å²) in [4.78, 5) is 30.4. The van der Waals surface area contributed by atoms with Gasteiger partial charge in [0.15, 0.2) is 5.89 Å². The van der Waals surface area contributed by atoms with Crippen molar-refractivity contribution in [2.75, 3.05) is 5.32 Å². The molecule has 2 N–H and O–H groups in total. The fourth-order valence-corrected chi connectivity index (χ4v) is 1.69. The first kappa shape index (κ1) is 13.7. The van der Waals surface area contributed by atoms with Crippen LogP contribution in [0.2, 0.25) is 0 Å². The van der Waals surface area contributed by atoms with Crippen LogP contribution in [0.15, 0.2) is 22.7 Å². The van der Waals surface area contributed by atoms with Crippen LogP contribution < -0.4 is 5.32 Å². The van der Waals surface area contributed by atoms with Crippen LogP contribution in [0.4, 0.5) is 5.69 Å². The zero-order chi connectivity index (χ0) is 14.7. The van der Waals surface area contributed by atoms with E-state index in [9.17, 15) is 9.59 Å². The smallest absolute Gasteiger partial charge is 0.309 e. The number of nitrogens with zero attached hydrogens (tertiary/aromatic N) is 2. The van der Waals surface area contributed by atoms with E-state index in [0.29, 0.717) is 23.0 Å². The Bertz CT molecular complexity index is 646. The number of oxazole rings is 1. The molecule has 0 saturated carbocycles. The highest BCUT2D eigenvalue weighted by Crippen LogP contribution is 2.13. The lowest BCUT2D eigenvalue weighted by Gasteiger charge is -2.03. The third kappa shape index (κ3) is 3.19. The summed E-state index contributed by atoms with van der Waals surface area (Å²) in [6.45, 7) is 3.34. The maximum absolute atomic E-state index is 11.9. The highest BCUT2D eigenvalue weighted by molar-refractivity contribution is 6.02. The number of amides is 1. The summed E-state index contributed by atoms with van der Waals surface area (Å²) in [7, 11) is 0. The van der Waals surface area contributed by atoms with Gasteiger partial charge in [0.25, 0.3) is 5.91 Å². The summed E-state index contributed by atoms with van der Waals surface area (Å²) in [5.41, 5.74) is 1.38. The summed E-state index contributed by atoms with van der Waals surface area (Å²) in [6.07, 6.45) is 1.24. The van der Waals surface area contributed by atoms with Gasteiger partial charge in [-0.2, -0.15) is 0 Å². The van der Waals surface area contributed by atoms with Crippen molar-refractivity contribution in [2.45, 2.75) is 20.3 Å². The maximum atomic E-state index is 11.9. The van der Waals surface area contributed by atoms with Gasteiger partial charge < -0.3 is 14.8 Å². The molecule has 2 heterocycles. The van der Waals surface area contributed by atoms with E-state index in [2.05, 4.69) is 15.3 Å². The Balaban J connectivity index is 2.08. The Labute approximate surface area is 114 Å². The second kappa shape index (κ2) is 5.52. The molecule has 2 aromatic heterocycles. The van der Waals surface area contributed by atoms with Crippen LogP contribution in [0.1, 0.15) is 27.8 Å². The number of hydrogen-bond acceptors (Lipinski definition) is 5. The number of aryl methyl sites for hydroxylation is 2. The van der Waals surface area contributed by atoms with Crippen LogP contribution >= 0.6 is 0 Å². The minimum atomic E-state index is -0.956. The third-order valence-corrected chi connectivity index (χ3v) is 2.52.